The molecule has 2 N–H and O–H groups in total. The molecule has 1 aliphatic heterocycles. The number of carbonyl (C=O) groups excluding carboxylic acids is 1. The number of allylic oxidation sites excluding steroid dienone is 1. The number of benzene rings is 1. The predicted molar refractivity (Wildman–Crippen MR) is 84.2 cm³/mol. The Kier molecular flexibility index (Phi) is 4.78. The number of fused-ring (bicyclic) bond motifs is 1. The Labute approximate surface area is 143 Å². The minimum absolute atomic E-state index is 0.0764. The molecule has 2 aliphatic rings. The first-order valence-corrected chi connectivity index (χ1v) is 8.17. The third kappa shape index (κ3) is 3.83. The fraction of sp³-hybridized carbons (Fsp3) is 0.471. The van der Waals surface area contributed by atoms with E-state index in [2.05, 4.69) is 11.4 Å². The molecule has 1 aromatic carbocycles. The van der Waals surface area contributed by atoms with Crippen molar-refractivity contribution in [3.63, 3.8) is 0 Å². The van der Waals surface area contributed by atoms with E-state index in [1.807, 2.05) is 0 Å². The molecule has 0 bridgehead atoms. The average molecular weight is 356 g/mol. The number of nitrogens with one attached hydrogen (secondary N) is 2. The van der Waals surface area contributed by atoms with E-state index in [9.17, 15) is 18.0 Å². The minimum atomic E-state index is -4.95. The molecule has 0 aromatic heterocycles. The number of amides is 2. The van der Waals surface area contributed by atoms with Crippen LogP contribution in [-0.2, 0) is 0 Å². The second-order valence-corrected chi connectivity index (χ2v) is 6.00. The van der Waals surface area contributed by atoms with Gasteiger partial charge in [0.1, 0.15) is 0 Å². The molecule has 0 spiro atoms. The van der Waals surface area contributed by atoms with E-state index in [4.69, 9.17) is 9.47 Å². The molecule has 1 aromatic rings. The zero-order chi connectivity index (χ0) is 17.9. The zero-order valence-corrected chi connectivity index (χ0v) is 13.5. The van der Waals surface area contributed by atoms with Gasteiger partial charge in [-0.2, -0.15) is 13.2 Å². The quantitative estimate of drug-likeness (QED) is 0.806. The lowest BCUT2D eigenvalue weighted by atomic mass is 9.97. The van der Waals surface area contributed by atoms with Gasteiger partial charge in [-0.1, -0.05) is 23.8 Å². The van der Waals surface area contributed by atoms with Gasteiger partial charge in [-0.05, 0) is 44.2 Å². The van der Waals surface area contributed by atoms with Crippen molar-refractivity contribution in [3.05, 3.63) is 35.9 Å². The summed E-state index contributed by atoms with van der Waals surface area (Å²) in [5.74, 6) is -3.37. The van der Waals surface area contributed by atoms with E-state index >= 15 is 0 Å². The van der Waals surface area contributed by atoms with Gasteiger partial charge in [-0.3, -0.25) is 5.32 Å². The topological polar surface area (TPSA) is 59.6 Å². The zero-order valence-electron chi connectivity index (χ0n) is 13.5. The summed E-state index contributed by atoms with van der Waals surface area (Å²) in [6.45, 7) is 0.249. The number of para-hydroxylation sites is 2. The molecule has 0 unspecified atom stereocenters. The molecule has 25 heavy (non-hydrogen) atoms. The highest BCUT2D eigenvalue weighted by Crippen LogP contribution is 2.44. The standard InChI is InChI=1S/C17H19F3N2O3/c18-16(19,20)17(24-13-8-4-5-9-14(13)25-17)22-15(23)21-11-10-12-6-2-1-3-7-12/h4-6,8-9H,1-3,7,10-11H2,(H2,21,22,23). The number of ether oxygens (including phenoxy) is 2. The van der Waals surface area contributed by atoms with Crippen LogP contribution < -0.4 is 20.1 Å². The summed E-state index contributed by atoms with van der Waals surface area (Å²) in [5, 5.41) is 4.21. The van der Waals surface area contributed by atoms with Gasteiger partial charge in [0.25, 0.3) is 0 Å². The molecule has 1 aliphatic carbocycles. The Hall–Kier alpha value is -2.38. The smallest absolute Gasteiger partial charge is 0.424 e. The maximum absolute atomic E-state index is 13.5. The Morgan fingerprint density at radius 1 is 1.16 bits per heavy atom. The van der Waals surface area contributed by atoms with Crippen LogP contribution in [0.1, 0.15) is 32.1 Å². The van der Waals surface area contributed by atoms with E-state index in [1.165, 1.54) is 29.8 Å². The van der Waals surface area contributed by atoms with Crippen molar-refractivity contribution >= 4 is 6.03 Å². The van der Waals surface area contributed by atoms with E-state index < -0.39 is 18.1 Å². The van der Waals surface area contributed by atoms with Crippen molar-refractivity contribution in [2.45, 2.75) is 44.2 Å². The predicted octanol–water partition coefficient (Wildman–Crippen LogP) is 3.86. The van der Waals surface area contributed by atoms with Gasteiger partial charge in [0, 0.05) is 6.54 Å². The van der Waals surface area contributed by atoms with Crippen LogP contribution in [0.25, 0.3) is 0 Å². The Morgan fingerprint density at radius 3 is 2.40 bits per heavy atom. The molecule has 0 fully saturated rings. The summed E-state index contributed by atoms with van der Waals surface area (Å²) in [6, 6.07) is 4.73. The molecule has 3 rings (SSSR count). The number of hydrogen-bond acceptors (Lipinski definition) is 3. The maximum atomic E-state index is 13.5. The molecular weight excluding hydrogens is 337 g/mol. The Morgan fingerprint density at radius 2 is 1.84 bits per heavy atom. The monoisotopic (exact) mass is 356 g/mol. The number of urea groups is 1. The summed E-state index contributed by atoms with van der Waals surface area (Å²) in [7, 11) is 0. The number of rotatable bonds is 4. The molecule has 1 heterocycles. The summed E-state index contributed by atoms with van der Waals surface area (Å²) in [4.78, 5) is 11.9. The maximum Gasteiger partial charge on any atom is 0.492 e. The van der Waals surface area contributed by atoms with Gasteiger partial charge >= 0.3 is 18.1 Å². The SMILES string of the molecule is O=C(NCCC1=CCCCC1)NC1(C(F)(F)F)Oc2ccccc2O1. The second kappa shape index (κ2) is 6.85. The molecule has 0 radical (unpaired) electrons. The highest BCUT2D eigenvalue weighted by atomic mass is 19.4. The van der Waals surface area contributed by atoms with Crippen molar-refractivity contribution in [2.24, 2.45) is 0 Å². The first-order valence-electron chi connectivity index (χ1n) is 8.17. The van der Waals surface area contributed by atoms with Gasteiger partial charge < -0.3 is 14.8 Å². The first kappa shape index (κ1) is 17.4. The molecule has 5 nitrogen and oxygen atoms in total. The molecular formula is C17H19F3N2O3. The lowest BCUT2D eigenvalue weighted by Crippen LogP contribution is -2.66. The third-order valence-corrected chi connectivity index (χ3v) is 4.12. The largest absolute Gasteiger partial charge is 0.492 e. The van der Waals surface area contributed by atoms with Crippen LogP contribution in [0.3, 0.4) is 0 Å². The number of carbonyl (C=O) groups is 1. The number of hydrogen-bond donors (Lipinski definition) is 2. The fourth-order valence-corrected chi connectivity index (χ4v) is 2.85. The second-order valence-electron chi connectivity index (χ2n) is 6.00. The summed E-state index contributed by atoms with van der Waals surface area (Å²) >= 11 is 0. The minimum Gasteiger partial charge on any atom is -0.424 e. The Balaban J connectivity index is 1.60. The van der Waals surface area contributed by atoms with Crippen molar-refractivity contribution < 1.29 is 27.4 Å². The molecule has 0 saturated carbocycles. The molecule has 8 heteroatoms. The molecule has 2 amide bonds. The normalized spacial score (nSPS) is 18.4. The van der Waals surface area contributed by atoms with Gasteiger partial charge in [-0.25, -0.2) is 4.79 Å². The molecule has 0 saturated heterocycles. The van der Waals surface area contributed by atoms with Crippen LogP contribution >= 0.6 is 0 Å². The van der Waals surface area contributed by atoms with Crippen LogP contribution in [0, 0.1) is 0 Å². The van der Waals surface area contributed by atoms with Crippen LogP contribution in [0.5, 0.6) is 11.5 Å². The van der Waals surface area contributed by atoms with Crippen LogP contribution in [0.2, 0.25) is 0 Å². The highest BCUT2D eigenvalue weighted by Gasteiger charge is 2.65. The summed E-state index contributed by atoms with van der Waals surface area (Å²) in [5.41, 5.74) is 1.22. The van der Waals surface area contributed by atoms with Gasteiger partial charge in [0.2, 0.25) is 0 Å². The van der Waals surface area contributed by atoms with Crippen LogP contribution in [0.15, 0.2) is 35.9 Å². The van der Waals surface area contributed by atoms with E-state index in [0.717, 1.165) is 25.7 Å². The van der Waals surface area contributed by atoms with Gasteiger partial charge in [0.15, 0.2) is 11.5 Å². The molecule has 136 valence electrons. The fourth-order valence-electron chi connectivity index (χ4n) is 2.85. The number of alkyl halides is 3. The third-order valence-electron chi connectivity index (χ3n) is 4.12. The average Bonchev–Trinajstić information content (AvgIpc) is 2.95. The van der Waals surface area contributed by atoms with E-state index in [0.29, 0.717) is 6.42 Å². The summed E-state index contributed by atoms with van der Waals surface area (Å²) < 4.78 is 50.1. The van der Waals surface area contributed by atoms with Crippen molar-refractivity contribution in [1.82, 2.24) is 10.6 Å². The van der Waals surface area contributed by atoms with Crippen molar-refractivity contribution in [1.29, 1.82) is 0 Å². The van der Waals surface area contributed by atoms with E-state index in [-0.39, 0.29) is 18.0 Å². The lowest BCUT2D eigenvalue weighted by Gasteiger charge is -2.29. The van der Waals surface area contributed by atoms with Gasteiger partial charge in [-0.15, -0.1) is 0 Å². The Bertz CT molecular complexity index is 648. The van der Waals surface area contributed by atoms with Crippen molar-refractivity contribution in [2.75, 3.05) is 6.54 Å². The summed E-state index contributed by atoms with van der Waals surface area (Å²) in [6.07, 6.45) is 2.04. The molecule has 0 atom stereocenters. The highest BCUT2D eigenvalue weighted by molar-refractivity contribution is 5.74. The first-order chi connectivity index (χ1) is 11.9. The lowest BCUT2D eigenvalue weighted by molar-refractivity contribution is -0.317. The number of halogens is 3. The van der Waals surface area contributed by atoms with Crippen LogP contribution in [0.4, 0.5) is 18.0 Å². The van der Waals surface area contributed by atoms with Crippen molar-refractivity contribution in [3.8, 4) is 11.5 Å². The van der Waals surface area contributed by atoms with Crippen LogP contribution in [-0.4, -0.2) is 24.7 Å². The van der Waals surface area contributed by atoms with E-state index in [1.54, 1.807) is 5.32 Å². The van der Waals surface area contributed by atoms with Gasteiger partial charge in [0.05, 0.1) is 0 Å².